The van der Waals surface area contributed by atoms with E-state index in [1.807, 2.05) is 0 Å². The normalized spacial score (nSPS) is 19.2. The molecule has 102 valence electrons. The highest BCUT2D eigenvalue weighted by Crippen LogP contribution is 2.34. The van der Waals surface area contributed by atoms with Crippen molar-refractivity contribution in [1.29, 1.82) is 0 Å². The molecular formula is C14H26N4. The first-order valence-electron chi connectivity index (χ1n) is 7.10. The van der Waals surface area contributed by atoms with Gasteiger partial charge in [-0.25, -0.2) is 0 Å². The Morgan fingerprint density at radius 3 is 2.83 bits per heavy atom. The smallest absolute Gasteiger partial charge is 0.0764 e. The van der Waals surface area contributed by atoms with E-state index in [0.29, 0.717) is 12.1 Å². The number of nitrogens with zero attached hydrogens (tertiary/aromatic N) is 3. The van der Waals surface area contributed by atoms with Crippen molar-refractivity contribution in [2.45, 2.75) is 51.7 Å². The quantitative estimate of drug-likeness (QED) is 0.805. The molecule has 1 aliphatic carbocycles. The Kier molecular flexibility index (Phi) is 4.40. The lowest BCUT2D eigenvalue weighted by atomic mass is 10.1. The number of rotatable bonds is 7. The van der Waals surface area contributed by atoms with Gasteiger partial charge in [0.25, 0.3) is 0 Å². The molecule has 2 rings (SSSR count). The van der Waals surface area contributed by atoms with Crippen LogP contribution in [0.4, 0.5) is 0 Å². The molecule has 4 heteroatoms. The highest BCUT2D eigenvalue weighted by Gasteiger charge is 2.32. The van der Waals surface area contributed by atoms with Crippen molar-refractivity contribution in [3.05, 3.63) is 18.0 Å². The van der Waals surface area contributed by atoms with Gasteiger partial charge < -0.3 is 5.73 Å². The minimum Gasteiger partial charge on any atom is -0.329 e. The van der Waals surface area contributed by atoms with E-state index in [4.69, 9.17) is 5.73 Å². The first kappa shape index (κ1) is 13.6. The van der Waals surface area contributed by atoms with Crippen molar-refractivity contribution in [2.24, 2.45) is 11.7 Å². The summed E-state index contributed by atoms with van der Waals surface area (Å²) in [6.07, 6.45) is 5.89. The van der Waals surface area contributed by atoms with Crippen LogP contribution in [0.25, 0.3) is 0 Å². The number of hydrogen-bond donors (Lipinski definition) is 1. The molecule has 0 radical (unpaired) electrons. The SMILES string of the molecule is CCC(C)n1ccc(CN(C)C(CN)C2CC2)n1. The van der Waals surface area contributed by atoms with Crippen molar-refractivity contribution in [3.63, 3.8) is 0 Å². The lowest BCUT2D eigenvalue weighted by Crippen LogP contribution is -2.39. The maximum Gasteiger partial charge on any atom is 0.0764 e. The second kappa shape index (κ2) is 5.85. The summed E-state index contributed by atoms with van der Waals surface area (Å²) >= 11 is 0. The Labute approximate surface area is 110 Å². The summed E-state index contributed by atoms with van der Waals surface area (Å²) in [4.78, 5) is 2.36. The molecular weight excluding hydrogens is 224 g/mol. The largest absolute Gasteiger partial charge is 0.329 e. The molecule has 0 aromatic carbocycles. The maximum atomic E-state index is 5.88. The lowest BCUT2D eigenvalue weighted by Gasteiger charge is -2.26. The Morgan fingerprint density at radius 1 is 1.56 bits per heavy atom. The number of aromatic nitrogens is 2. The molecule has 18 heavy (non-hydrogen) atoms. The molecule has 4 nitrogen and oxygen atoms in total. The Bertz CT molecular complexity index is 370. The van der Waals surface area contributed by atoms with E-state index in [1.54, 1.807) is 0 Å². The van der Waals surface area contributed by atoms with E-state index in [2.05, 4.69) is 47.8 Å². The van der Waals surface area contributed by atoms with Crippen LogP contribution in [-0.4, -0.2) is 34.3 Å². The van der Waals surface area contributed by atoms with Crippen molar-refractivity contribution in [1.82, 2.24) is 14.7 Å². The average Bonchev–Trinajstić information content (AvgIpc) is 3.08. The van der Waals surface area contributed by atoms with Gasteiger partial charge >= 0.3 is 0 Å². The zero-order chi connectivity index (χ0) is 13.1. The van der Waals surface area contributed by atoms with Gasteiger partial charge in [-0.05, 0) is 45.2 Å². The lowest BCUT2D eigenvalue weighted by molar-refractivity contribution is 0.212. The Hall–Kier alpha value is -0.870. The second-order valence-electron chi connectivity index (χ2n) is 5.60. The number of likely N-dealkylation sites (N-methyl/N-ethyl adjacent to an activating group) is 1. The van der Waals surface area contributed by atoms with Crippen LogP contribution in [0, 0.1) is 5.92 Å². The van der Waals surface area contributed by atoms with Crippen molar-refractivity contribution in [3.8, 4) is 0 Å². The predicted octanol–water partition coefficient (Wildman–Crippen LogP) is 2.02. The minimum atomic E-state index is 0.484. The molecule has 1 saturated carbocycles. The molecule has 1 aromatic heterocycles. The molecule has 0 bridgehead atoms. The second-order valence-corrected chi connectivity index (χ2v) is 5.60. The van der Waals surface area contributed by atoms with Crippen LogP contribution in [0.5, 0.6) is 0 Å². The van der Waals surface area contributed by atoms with Crippen LogP contribution in [0.3, 0.4) is 0 Å². The number of nitrogens with two attached hydrogens (primary N) is 1. The third-order valence-corrected chi connectivity index (χ3v) is 4.09. The molecule has 2 unspecified atom stereocenters. The van der Waals surface area contributed by atoms with Crippen LogP contribution < -0.4 is 5.73 Å². The average molecular weight is 250 g/mol. The first-order chi connectivity index (χ1) is 8.65. The fourth-order valence-electron chi connectivity index (χ4n) is 2.48. The van der Waals surface area contributed by atoms with E-state index in [0.717, 1.165) is 31.1 Å². The van der Waals surface area contributed by atoms with Gasteiger partial charge in [-0.2, -0.15) is 5.10 Å². The van der Waals surface area contributed by atoms with E-state index >= 15 is 0 Å². The summed E-state index contributed by atoms with van der Waals surface area (Å²) in [5.41, 5.74) is 7.03. The van der Waals surface area contributed by atoms with Crippen LogP contribution in [0.2, 0.25) is 0 Å². The highest BCUT2D eigenvalue weighted by atomic mass is 15.3. The van der Waals surface area contributed by atoms with Crippen molar-refractivity contribution >= 4 is 0 Å². The molecule has 2 N–H and O–H groups in total. The van der Waals surface area contributed by atoms with Crippen LogP contribution in [0.15, 0.2) is 12.3 Å². The highest BCUT2D eigenvalue weighted by molar-refractivity contribution is 5.01. The van der Waals surface area contributed by atoms with E-state index in [9.17, 15) is 0 Å². The van der Waals surface area contributed by atoms with E-state index in [1.165, 1.54) is 12.8 Å². The molecule has 1 aliphatic rings. The van der Waals surface area contributed by atoms with Crippen molar-refractivity contribution in [2.75, 3.05) is 13.6 Å². The number of hydrogen-bond acceptors (Lipinski definition) is 3. The van der Waals surface area contributed by atoms with Gasteiger partial charge in [0.2, 0.25) is 0 Å². The van der Waals surface area contributed by atoms with Gasteiger partial charge in [0.1, 0.15) is 0 Å². The molecule has 1 aromatic rings. The minimum absolute atomic E-state index is 0.484. The summed E-state index contributed by atoms with van der Waals surface area (Å²) in [6.45, 7) is 6.05. The van der Waals surface area contributed by atoms with Crippen molar-refractivity contribution < 1.29 is 0 Å². The van der Waals surface area contributed by atoms with Gasteiger partial charge in [-0.1, -0.05) is 6.92 Å². The van der Waals surface area contributed by atoms with Crippen LogP contribution in [-0.2, 0) is 6.54 Å². The van der Waals surface area contributed by atoms with Gasteiger partial charge in [0, 0.05) is 31.4 Å². The summed E-state index contributed by atoms with van der Waals surface area (Å²) in [5.74, 6) is 0.816. The summed E-state index contributed by atoms with van der Waals surface area (Å²) < 4.78 is 2.07. The molecule has 2 atom stereocenters. The first-order valence-corrected chi connectivity index (χ1v) is 7.10. The van der Waals surface area contributed by atoms with Crippen LogP contribution in [0.1, 0.15) is 44.8 Å². The van der Waals surface area contributed by atoms with Gasteiger partial charge in [-0.15, -0.1) is 0 Å². The standard InChI is InChI=1S/C14H26N4/c1-4-11(2)18-8-7-13(16-18)10-17(3)14(9-15)12-5-6-12/h7-8,11-12,14H,4-6,9-10,15H2,1-3H3. The van der Waals surface area contributed by atoms with Crippen LogP contribution >= 0.6 is 0 Å². The molecule has 0 spiro atoms. The summed E-state index contributed by atoms with van der Waals surface area (Å²) in [6, 6.07) is 3.14. The molecule has 1 heterocycles. The molecule has 0 amide bonds. The third-order valence-electron chi connectivity index (χ3n) is 4.09. The zero-order valence-electron chi connectivity index (χ0n) is 11.8. The molecule has 0 saturated heterocycles. The van der Waals surface area contributed by atoms with E-state index < -0.39 is 0 Å². The monoisotopic (exact) mass is 250 g/mol. The maximum absolute atomic E-state index is 5.88. The molecule has 0 aliphatic heterocycles. The predicted molar refractivity (Wildman–Crippen MR) is 74.3 cm³/mol. The van der Waals surface area contributed by atoms with Gasteiger partial charge in [-0.3, -0.25) is 9.58 Å². The Morgan fingerprint density at radius 2 is 2.28 bits per heavy atom. The fourth-order valence-corrected chi connectivity index (χ4v) is 2.48. The summed E-state index contributed by atoms with van der Waals surface area (Å²) in [5, 5.41) is 4.65. The molecule has 1 fully saturated rings. The van der Waals surface area contributed by atoms with Gasteiger partial charge in [0.15, 0.2) is 0 Å². The van der Waals surface area contributed by atoms with Gasteiger partial charge in [0.05, 0.1) is 5.69 Å². The fraction of sp³-hybridized carbons (Fsp3) is 0.786. The van der Waals surface area contributed by atoms with E-state index in [-0.39, 0.29) is 0 Å². The zero-order valence-corrected chi connectivity index (χ0v) is 11.8. The Balaban J connectivity index is 1.93. The topological polar surface area (TPSA) is 47.1 Å². The third kappa shape index (κ3) is 3.12. The summed E-state index contributed by atoms with van der Waals surface area (Å²) in [7, 11) is 2.16.